The molecular weight excluding hydrogens is 254 g/mol. The van der Waals surface area contributed by atoms with Crippen LogP contribution in [-0.4, -0.2) is 31.3 Å². The summed E-state index contributed by atoms with van der Waals surface area (Å²) in [5.41, 5.74) is 0. The second-order valence-electron chi connectivity index (χ2n) is 3.65. The Bertz CT molecular complexity index is 414. The van der Waals surface area contributed by atoms with E-state index in [-0.39, 0.29) is 37.5 Å². The third-order valence-electron chi connectivity index (χ3n) is 2.23. The summed E-state index contributed by atoms with van der Waals surface area (Å²) in [6.45, 7) is -0.0405. The van der Waals surface area contributed by atoms with Crippen molar-refractivity contribution >= 4 is 29.0 Å². The molecule has 1 heterocycles. The molecule has 0 bridgehead atoms. The number of ketones is 1. The lowest BCUT2D eigenvalue weighted by atomic mass is 10.2. The van der Waals surface area contributed by atoms with Gasteiger partial charge in [0, 0.05) is 11.3 Å². The molecule has 1 aromatic heterocycles. The van der Waals surface area contributed by atoms with E-state index in [0.29, 0.717) is 0 Å². The van der Waals surface area contributed by atoms with Crippen molar-refractivity contribution in [2.75, 3.05) is 13.7 Å². The Kier molecular flexibility index (Phi) is 6.07. The predicted octanol–water partition coefficient (Wildman–Crippen LogP) is 0.929. The average Bonchev–Trinajstić information content (AvgIpc) is 2.86. The van der Waals surface area contributed by atoms with E-state index in [9.17, 15) is 14.4 Å². The summed E-state index contributed by atoms with van der Waals surface area (Å²) in [6, 6.07) is 3.73. The maximum atomic E-state index is 11.5. The number of amides is 1. The van der Waals surface area contributed by atoms with E-state index in [1.54, 1.807) is 0 Å². The maximum Gasteiger partial charge on any atom is 0.305 e. The Morgan fingerprint density at radius 3 is 2.72 bits per heavy atom. The van der Waals surface area contributed by atoms with Gasteiger partial charge in [0.05, 0.1) is 26.5 Å². The first-order valence-corrected chi connectivity index (χ1v) is 6.37. The number of hydrogen-bond donors (Lipinski definition) is 1. The summed E-state index contributed by atoms with van der Waals surface area (Å²) in [6.07, 6.45) is 0.421. The predicted molar refractivity (Wildman–Crippen MR) is 67.3 cm³/mol. The van der Waals surface area contributed by atoms with Crippen LogP contribution in [0.4, 0.5) is 0 Å². The van der Waals surface area contributed by atoms with Crippen molar-refractivity contribution in [1.29, 1.82) is 0 Å². The van der Waals surface area contributed by atoms with Gasteiger partial charge in [-0.1, -0.05) is 6.07 Å². The molecule has 0 aliphatic heterocycles. The van der Waals surface area contributed by atoms with Gasteiger partial charge in [-0.25, -0.2) is 0 Å². The molecule has 98 valence electrons. The number of rotatable bonds is 7. The second kappa shape index (κ2) is 7.60. The highest BCUT2D eigenvalue weighted by atomic mass is 32.1. The lowest BCUT2D eigenvalue weighted by molar-refractivity contribution is -0.141. The molecule has 0 unspecified atom stereocenters. The van der Waals surface area contributed by atoms with Crippen LogP contribution in [0.1, 0.15) is 17.7 Å². The van der Waals surface area contributed by atoms with Gasteiger partial charge in [-0.2, -0.15) is 0 Å². The largest absolute Gasteiger partial charge is 0.469 e. The van der Waals surface area contributed by atoms with Crippen LogP contribution in [0.3, 0.4) is 0 Å². The van der Waals surface area contributed by atoms with Gasteiger partial charge in [0.15, 0.2) is 5.78 Å². The number of methoxy groups -OCH3 is 1. The van der Waals surface area contributed by atoms with Crippen molar-refractivity contribution in [1.82, 2.24) is 5.32 Å². The van der Waals surface area contributed by atoms with E-state index < -0.39 is 5.97 Å². The van der Waals surface area contributed by atoms with Crippen molar-refractivity contribution in [3.63, 3.8) is 0 Å². The molecule has 0 saturated heterocycles. The van der Waals surface area contributed by atoms with Crippen molar-refractivity contribution in [2.24, 2.45) is 0 Å². The van der Waals surface area contributed by atoms with Gasteiger partial charge in [-0.15, -0.1) is 11.3 Å². The Hall–Kier alpha value is -1.69. The van der Waals surface area contributed by atoms with Crippen molar-refractivity contribution in [3.8, 4) is 0 Å². The molecule has 0 saturated carbocycles. The summed E-state index contributed by atoms with van der Waals surface area (Å²) in [7, 11) is 1.27. The SMILES string of the molecule is COC(=O)CCC(=O)CNC(=O)Cc1cccs1. The van der Waals surface area contributed by atoms with Gasteiger partial charge >= 0.3 is 5.97 Å². The quantitative estimate of drug-likeness (QED) is 0.747. The fourth-order valence-electron chi connectivity index (χ4n) is 1.26. The molecule has 18 heavy (non-hydrogen) atoms. The first kappa shape index (κ1) is 14.4. The van der Waals surface area contributed by atoms with E-state index in [0.717, 1.165) is 4.88 Å². The molecule has 0 aliphatic carbocycles. The van der Waals surface area contributed by atoms with Crippen LogP contribution in [0.25, 0.3) is 0 Å². The van der Waals surface area contributed by atoms with Crippen LogP contribution in [0.2, 0.25) is 0 Å². The highest BCUT2D eigenvalue weighted by molar-refractivity contribution is 7.10. The maximum absolute atomic E-state index is 11.5. The van der Waals surface area contributed by atoms with E-state index >= 15 is 0 Å². The monoisotopic (exact) mass is 269 g/mol. The molecule has 5 nitrogen and oxygen atoms in total. The molecule has 1 N–H and O–H groups in total. The summed E-state index contributed by atoms with van der Waals surface area (Å²) in [5.74, 6) is -0.794. The van der Waals surface area contributed by atoms with E-state index in [1.165, 1.54) is 18.4 Å². The number of nitrogens with one attached hydrogen (secondary N) is 1. The molecule has 0 radical (unpaired) electrons. The van der Waals surface area contributed by atoms with Gasteiger partial charge in [0.2, 0.25) is 5.91 Å². The summed E-state index contributed by atoms with van der Waals surface area (Å²) in [4.78, 5) is 34.6. The Balaban J connectivity index is 2.18. The van der Waals surface area contributed by atoms with E-state index in [1.807, 2.05) is 17.5 Å². The van der Waals surface area contributed by atoms with Crippen molar-refractivity contribution in [2.45, 2.75) is 19.3 Å². The topological polar surface area (TPSA) is 72.5 Å². The Morgan fingerprint density at radius 1 is 1.33 bits per heavy atom. The summed E-state index contributed by atoms with van der Waals surface area (Å²) in [5, 5.41) is 4.42. The number of ether oxygens (including phenoxy) is 1. The number of carbonyl (C=O) groups is 3. The summed E-state index contributed by atoms with van der Waals surface area (Å²) >= 11 is 1.50. The smallest absolute Gasteiger partial charge is 0.305 e. The van der Waals surface area contributed by atoms with Crippen LogP contribution in [-0.2, 0) is 25.5 Å². The first-order valence-electron chi connectivity index (χ1n) is 5.49. The Labute approximate surface area is 109 Å². The molecule has 6 heteroatoms. The first-order chi connectivity index (χ1) is 8.61. The highest BCUT2D eigenvalue weighted by Crippen LogP contribution is 2.08. The van der Waals surface area contributed by atoms with E-state index in [4.69, 9.17) is 0 Å². The minimum absolute atomic E-state index is 0.0405. The minimum Gasteiger partial charge on any atom is -0.469 e. The van der Waals surface area contributed by atoms with Gasteiger partial charge in [0.25, 0.3) is 0 Å². The molecule has 1 aromatic rings. The standard InChI is InChI=1S/C12H15NO4S/c1-17-12(16)5-4-9(14)8-13-11(15)7-10-3-2-6-18-10/h2-3,6H,4-5,7-8H2,1H3,(H,13,15). The molecule has 0 spiro atoms. The zero-order valence-electron chi connectivity index (χ0n) is 10.1. The molecule has 0 fully saturated rings. The van der Waals surface area contributed by atoms with Crippen LogP contribution in [0.5, 0.6) is 0 Å². The molecule has 1 amide bonds. The molecule has 0 aliphatic rings. The fourth-order valence-corrected chi connectivity index (χ4v) is 1.97. The molecule has 1 rings (SSSR count). The minimum atomic E-state index is -0.423. The highest BCUT2D eigenvalue weighted by Gasteiger charge is 2.09. The fraction of sp³-hybridized carbons (Fsp3) is 0.417. The van der Waals surface area contributed by atoms with Gasteiger partial charge in [-0.3, -0.25) is 14.4 Å². The second-order valence-corrected chi connectivity index (χ2v) is 4.68. The number of Topliss-reactive ketones (excluding diaryl/α,β-unsaturated/α-hetero) is 1. The lowest BCUT2D eigenvalue weighted by Gasteiger charge is -2.03. The van der Waals surface area contributed by atoms with Crippen LogP contribution >= 0.6 is 11.3 Å². The number of esters is 1. The Morgan fingerprint density at radius 2 is 2.11 bits per heavy atom. The average molecular weight is 269 g/mol. The zero-order chi connectivity index (χ0) is 13.4. The normalized spacial score (nSPS) is 9.83. The van der Waals surface area contributed by atoms with Crippen LogP contribution < -0.4 is 5.32 Å². The van der Waals surface area contributed by atoms with Crippen molar-refractivity contribution < 1.29 is 19.1 Å². The molecular formula is C12H15NO4S. The van der Waals surface area contributed by atoms with Gasteiger partial charge in [0.1, 0.15) is 0 Å². The zero-order valence-corrected chi connectivity index (χ0v) is 10.9. The molecule has 0 atom stereocenters. The molecule has 0 aromatic carbocycles. The third-order valence-corrected chi connectivity index (χ3v) is 3.11. The van der Waals surface area contributed by atoms with Crippen molar-refractivity contribution in [3.05, 3.63) is 22.4 Å². The number of carbonyl (C=O) groups excluding carboxylic acids is 3. The van der Waals surface area contributed by atoms with Gasteiger partial charge < -0.3 is 10.1 Å². The van der Waals surface area contributed by atoms with Crippen LogP contribution in [0.15, 0.2) is 17.5 Å². The van der Waals surface area contributed by atoms with Gasteiger partial charge in [-0.05, 0) is 11.4 Å². The number of hydrogen-bond acceptors (Lipinski definition) is 5. The summed E-state index contributed by atoms with van der Waals surface area (Å²) < 4.78 is 4.42. The van der Waals surface area contributed by atoms with E-state index in [2.05, 4.69) is 10.1 Å². The lowest BCUT2D eigenvalue weighted by Crippen LogP contribution is -2.30. The van der Waals surface area contributed by atoms with Crippen LogP contribution in [0, 0.1) is 0 Å². The number of thiophene rings is 1. The third kappa shape index (κ3) is 5.58.